The third-order valence-electron chi connectivity index (χ3n) is 2.56. The fraction of sp³-hybridized carbons (Fsp3) is 0.231. The number of thioether (sulfide) groups is 6. The zero-order valence-corrected chi connectivity index (χ0v) is 15.7. The van der Waals surface area contributed by atoms with Gasteiger partial charge in [0.2, 0.25) is 0 Å². The van der Waals surface area contributed by atoms with Crippen LogP contribution in [0.15, 0.2) is 39.1 Å². The molecule has 7 heteroatoms. The summed E-state index contributed by atoms with van der Waals surface area (Å²) in [6.07, 6.45) is 14.0. The van der Waals surface area contributed by atoms with Gasteiger partial charge in [-0.1, -0.05) is 53.0 Å². The molecule has 0 saturated heterocycles. The van der Waals surface area contributed by atoms with Crippen molar-refractivity contribution >= 4 is 70.6 Å². The molecule has 0 N–H and O–H groups in total. The van der Waals surface area contributed by atoms with Crippen LogP contribution in [0.2, 0.25) is 0 Å². The van der Waals surface area contributed by atoms with Crippen LogP contribution in [0.3, 0.4) is 0 Å². The van der Waals surface area contributed by atoms with Crippen LogP contribution in [0.4, 0.5) is 0 Å². The van der Waals surface area contributed by atoms with Gasteiger partial charge in [0, 0.05) is 22.2 Å². The minimum atomic E-state index is 0.651. The summed E-state index contributed by atoms with van der Waals surface area (Å²) in [5, 5.41) is 0. The molecule has 0 spiro atoms. The Morgan fingerprint density at radius 1 is 1.00 bits per heavy atom. The summed E-state index contributed by atoms with van der Waals surface area (Å²) in [7, 11) is 0. The maximum Gasteiger partial charge on any atom is 0.0829 e. The topological polar surface area (TPSA) is 4.93 Å². The summed E-state index contributed by atoms with van der Waals surface area (Å²) < 4.78 is 7.78. The van der Waals surface area contributed by atoms with Crippen molar-refractivity contribution in [1.82, 2.24) is 4.57 Å². The lowest BCUT2D eigenvalue weighted by Gasteiger charge is -2.02. The van der Waals surface area contributed by atoms with Gasteiger partial charge in [-0.15, -0.1) is 29.9 Å². The van der Waals surface area contributed by atoms with Crippen LogP contribution in [0.5, 0.6) is 0 Å². The van der Waals surface area contributed by atoms with Gasteiger partial charge in [0.25, 0.3) is 0 Å². The molecule has 0 unspecified atom stereocenters. The fourth-order valence-electron chi connectivity index (χ4n) is 1.73. The number of nitrogens with zero attached hydrogens (tertiary/aromatic N) is 1. The van der Waals surface area contributed by atoms with Gasteiger partial charge in [0.05, 0.1) is 23.5 Å². The van der Waals surface area contributed by atoms with Crippen molar-refractivity contribution in [3.05, 3.63) is 29.3 Å². The summed E-state index contributed by atoms with van der Waals surface area (Å²) in [6, 6.07) is 0. The minimum Gasteiger partial charge on any atom is -0.340 e. The third-order valence-corrected chi connectivity index (χ3v) is 10.8. The van der Waals surface area contributed by atoms with E-state index in [1.165, 1.54) is 26.7 Å². The van der Waals surface area contributed by atoms with Gasteiger partial charge < -0.3 is 4.57 Å². The Morgan fingerprint density at radius 2 is 1.50 bits per heavy atom. The van der Waals surface area contributed by atoms with E-state index in [0.717, 1.165) is 0 Å². The average molecular weight is 374 g/mol. The van der Waals surface area contributed by atoms with Crippen LogP contribution in [0.1, 0.15) is 0 Å². The molecule has 1 nitrogen and oxygen atoms in total. The number of hydrogen-bond acceptors (Lipinski definition) is 6. The lowest BCUT2D eigenvalue weighted by Crippen LogP contribution is -1.89. The van der Waals surface area contributed by atoms with Gasteiger partial charge >= 0.3 is 0 Å². The highest BCUT2D eigenvalue weighted by atomic mass is 32.3. The maximum atomic E-state index is 5.36. The highest BCUT2D eigenvalue weighted by Crippen LogP contribution is 2.63. The van der Waals surface area contributed by atoms with Crippen LogP contribution < -0.4 is 0 Å². The Kier molecular flexibility index (Phi) is 5.11. The van der Waals surface area contributed by atoms with Gasteiger partial charge in [-0.25, -0.2) is 0 Å². The van der Waals surface area contributed by atoms with Crippen LogP contribution in [-0.4, -0.2) is 17.1 Å². The van der Waals surface area contributed by atoms with Crippen molar-refractivity contribution in [3.8, 4) is 12.3 Å². The summed E-state index contributed by atoms with van der Waals surface area (Å²) in [6.45, 7) is 0.651. The van der Waals surface area contributed by atoms with Crippen LogP contribution >= 0.6 is 70.6 Å². The Balaban J connectivity index is 1.78. The molecule has 20 heavy (non-hydrogen) atoms. The van der Waals surface area contributed by atoms with Gasteiger partial charge in [-0.05, 0) is 12.5 Å². The lowest BCUT2D eigenvalue weighted by atomic mass is 10.6. The van der Waals surface area contributed by atoms with E-state index in [1.807, 2.05) is 70.6 Å². The highest BCUT2D eigenvalue weighted by Gasteiger charge is 2.28. The van der Waals surface area contributed by atoms with Crippen molar-refractivity contribution in [2.45, 2.75) is 16.3 Å². The van der Waals surface area contributed by atoms with Crippen molar-refractivity contribution in [2.75, 3.05) is 12.5 Å². The van der Waals surface area contributed by atoms with E-state index in [9.17, 15) is 0 Å². The summed E-state index contributed by atoms with van der Waals surface area (Å²) in [5.74, 6) is 2.68. The Hall–Kier alpha value is 0.420. The molecule has 2 aliphatic rings. The molecule has 3 rings (SSSR count). The molecule has 0 aromatic carbocycles. The molecule has 0 saturated carbocycles. The summed E-state index contributed by atoms with van der Waals surface area (Å²) in [4.78, 5) is 2.66. The van der Waals surface area contributed by atoms with E-state index in [1.54, 1.807) is 0 Å². The molecule has 1 aromatic heterocycles. The normalized spacial score (nSPS) is 17.9. The number of fused-ring (bicyclic) bond motifs is 1. The van der Waals surface area contributed by atoms with Crippen molar-refractivity contribution < 1.29 is 0 Å². The molecule has 1 aromatic rings. The van der Waals surface area contributed by atoms with Crippen LogP contribution in [0, 0.1) is 12.3 Å². The van der Waals surface area contributed by atoms with E-state index in [2.05, 4.69) is 35.4 Å². The molecule has 3 heterocycles. The van der Waals surface area contributed by atoms with Crippen LogP contribution in [0.25, 0.3) is 0 Å². The molecule has 0 bridgehead atoms. The van der Waals surface area contributed by atoms with Gasteiger partial charge in [-0.2, -0.15) is 0 Å². The lowest BCUT2D eigenvalue weighted by molar-refractivity contribution is 0.842. The molecule has 0 amide bonds. The SMILES string of the molecule is C#CCn1cc2c(c1)SC(=C1SC(SC)=C(SC)S1)S2. The molecule has 0 atom stereocenters. The second kappa shape index (κ2) is 6.67. The first-order valence-electron chi connectivity index (χ1n) is 5.66. The largest absolute Gasteiger partial charge is 0.340 e. The molecule has 104 valence electrons. The minimum absolute atomic E-state index is 0.651. The molecular weight excluding hydrogens is 363 g/mol. The molecule has 2 aliphatic heterocycles. The summed E-state index contributed by atoms with van der Waals surface area (Å²) >= 11 is 11.3. The first-order valence-corrected chi connectivity index (χ1v) is 11.4. The maximum absolute atomic E-state index is 5.36. The first kappa shape index (κ1) is 15.3. The van der Waals surface area contributed by atoms with E-state index in [-0.39, 0.29) is 0 Å². The van der Waals surface area contributed by atoms with E-state index < -0.39 is 0 Å². The average Bonchev–Trinajstić information content (AvgIpc) is 3.09. The smallest absolute Gasteiger partial charge is 0.0829 e. The number of rotatable bonds is 3. The van der Waals surface area contributed by atoms with Gasteiger partial charge in [0.15, 0.2) is 0 Å². The van der Waals surface area contributed by atoms with E-state index >= 15 is 0 Å². The molecular formula is C13H11NS6. The van der Waals surface area contributed by atoms with Crippen molar-refractivity contribution in [2.24, 2.45) is 0 Å². The predicted molar refractivity (Wildman–Crippen MR) is 101 cm³/mol. The van der Waals surface area contributed by atoms with E-state index in [0.29, 0.717) is 6.54 Å². The standard InChI is InChI=1S/C13H11NS6/c1-4-5-14-6-8-9(7-14)18-12(17-8)13-19-10(15-2)11(16-3)20-13/h1,6-7H,5H2,2-3H3. The third kappa shape index (κ3) is 2.96. The Labute approximate surface area is 144 Å². The van der Waals surface area contributed by atoms with E-state index in [4.69, 9.17) is 6.42 Å². The Bertz CT molecular complexity index is 605. The van der Waals surface area contributed by atoms with Crippen molar-refractivity contribution in [1.29, 1.82) is 0 Å². The van der Waals surface area contributed by atoms with Gasteiger partial charge in [-0.3, -0.25) is 0 Å². The summed E-state index contributed by atoms with van der Waals surface area (Å²) in [5.41, 5.74) is 0. The van der Waals surface area contributed by atoms with Crippen LogP contribution in [-0.2, 0) is 6.54 Å². The fourth-order valence-corrected chi connectivity index (χ4v) is 9.58. The number of terminal acetylenes is 1. The second-order valence-electron chi connectivity index (χ2n) is 3.83. The number of aromatic nitrogens is 1. The quantitative estimate of drug-likeness (QED) is 0.614. The monoisotopic (exact) mass is 373 g/mol. The van der Waals surface area contributed by atoms with Crippen molar-refractivity contribution in [3.63, 3.8) is 0 Å². The molecule has 0 radical (unpaired) electrons. The number of hydrogen-bond donors (Lipinski definition) is 0. The zero-order chi connectivity index (χ0) is 14.1. The molecule has 0 aliphatic carbocycles. The Morgan fingerprint density at radius 3 is 1.95 bits per heavy atom. The zero-order valence-electron chi connectivity index (χ0n) is 10.8. The highest BCUT2D eigenvalue weighted by molar-refractivity contribution is 8.41. The first-order chi connectivity index (χ1) is 9.75. The second-order valence-corrected chi connectivity index (χ2v) is 10.6. The van der Waals surface area contributed by atoms with Gasteiger partial charge in [0.1, 0.15) is 0 Å². The molecule has 0 fully saturated rings. The predicted octanol–water partition coefficient (Wildman–Crippen LogP) is 5.78.